The van der Waals surface area contributed by atoms with Crippen LogP contribution in [-0.2, 0) is 10.8 Å². The summed E-state index contributed by atoms with van der Waals surface area (Å²) < 4.78 is 8.02. The Morgan fingerprint density at radius 2 is 1.71 bits per heavy atom. The van der Waals surface area contributed by atoms with E-state index in [0.717, 1.165) is 12.0 Å². The average Bonchev–Trinajstić information content (AvgIpc) is 2.72. The molecule has 1 unspecified atom stereocenters. The number of ketones is 1. The molecule has 1 aliphatic rings. The Hall–Kier alpha value is -1.93. The summed E-state index contributed by atoms with van der Waals surface area (Å²) in [5.74, 6) is -0.273. The first-order valence-electron chi connectivity index (χ1n) is 8.94. The molecule has 0 saturated carbocycles. The molecule has 2 nitrogen and oxygen atoms in total. The Bertz CT molecular complexity index is 828. The number of carbonyl (C=O) groups excluding carboxylic acids is 1. The molecule has 126 valence electrons. The Labute approximate surface area is 145 Å². The quantitative estimate of drug-likeness (QED) is 0.836. The van der Waals surface area contributed by atoms with Crippen LogP contribution in [0.1, 0.15) is 69.5 Å². The first-order valence-corrected chi connectivity index (χ1v) is 8.44. The van der Waals surface area contributed by atoms with Gasteiger partial charge < -0.3 is 5.11 Å². The van der Waals surface area contributed by atoms with Crippen LogP contribution in [0.5, 0.6) is 0 Å². The van der Waals surface area contributed by atoms with E-state index >= 15 is 0 Å². The molecule has 0 heterocycles. The fourth-order valence-corrected chi connectivity index (χ4v) is 4.15. The Balaban J connectivity index is 2.06. The lowest BCUT2D eigenvalue weighted by Gasteiger charge is -2.28. The van der Waals surface area contributed by atoms with Crippen molar-refractivity contribution in [2.24, 2.45) is 0 Å². The molecule has 2 aromatic carbocycles. The van der Waals surface area contributed by atoms with Gasteiger partial charge in [-0.3, -0.25) is 4.79 Å². The SMILES string of the molecule is [2H]c1ccc2c(c1)C(C)(c1ccc(C(=O)C(C)(C)O)cc1)CC2(C)C. The van der Waals surface area contributed by atoms with E-state index in [9.17, 15) is 9.90 Å². The molecule has 0 aromatic heterocycles. The van der Waals surface area contributed by atoms with Crippen molar-refractivity contribution in [2.75, 3.05) is 0 Å². The van der Waals surface area contributed by atoms with Gasteiger partial charge in [0.25, 0.3) is 0 Å². The minimum atomic E-state index is -1.37. The molecule has 0 spiro atoms. The van der Waals surface area contributed by atoms with Gasteiger partial charge in [-0.1, -0.05) is 69.3 Å². The van der Waals surface area contributed by atoms with E-state index in [1.54, 1.807) is 12.1 Å². The second kappa shape index (κ2) is 5.29. The van der Waals surface area contributed by atoms with Gasteiger partial charge in [0, 0.05) is 11.0 Å². The fourth-order valence-electron chi connectivity index (χ4n) is 4.15. The first kappa shape index (κ1) is 15.6. The third-order valence-corrected chi connectivity index (χ3v) is 5.32. The Kier molecular flexibility index (Phi) is 3.43. The molecule has 1 atom stereocenters. The van der Waals surface area contributed by atoms with Crippen molar-refractivity contribution in [1.82, 2.24) is 0 Å². The number of aliphatic hydroxyl groups is 1. The minimum absolute atomic E-state index is 0.0410. The number of carbonyl (C=O) groups is 1. The van der Waals surface area contributed by atoms with Crippen molar-refractivity contribution in [2.45, 2.75) is 57.5 Å². The lowest BCUT2D eigenvalue weighted by molar-refractivity contribution is 0.0488. The molecule has 3 rings (SSSR count). The molecule has 2 aromatic rings. The van der Waals surface area contributed by atoms with E-state index in [1.807, 2.05) is 24.3 Å². The van der Waals surface area contributed by atoms with E-state index in [-0.39, 0.29) is 16.6 Å². The molecule has 0 amide bonds. The zero-order valence-corrected chi connectivity index (χ0v) is 15.1. The molecule has 0 radical (unpaired) electrons. The molecular weight excluding hydrogens is 296 g/mol. The molecule has 0 fully saturated rings. The van der Waals surface area contributed by atoms with Gasteiger partial charge in [-0.05, 0) is 42.4 Å². The maximum atomic E-state index is 12.2. The molecule has 1 aliphatic carbocycles. The molecule has 0 aliphatic heterocycles. The van der Waals surface area contributed by atoms with Crippen LogP contribution < -0.4 is 0 Å². The second-order valence-corrected chi connectivity index (χ2v) is 8.33. The van der Waals surface area contributed by atoms with Crippen molar-refractivity contribution in [3.63, 3.8) is 0 Å². The molecule has 24 heavy (non-hydrogen) atoms. The summed E-state index contributed by atoms with van der Waals surface area (Å²) >= 11 is 0. The fraction of sp³-hybridized carbons (Fsp3) is 0.409. The summed E-state index contributed by atoms with van der Waals surface area (Å²) in [6, 6.07) is 14.0. The predicted octanol–water partition coefficient (Wildman–Crippen LogP) is 4.63. The summed E-state index contributed by atoms with van der Waals surface area (Å²) in [4.78, 5) is 12.2. The Morgan fingerprint density at radius 3 is 2.29 bits per heavy atom. The molecule has 0 saturated heterocycles. The topological polar surface area (TPSA) is 37.3 Å². The largest absolute Gasteiger partial charge is 0.382 e. The van der Waals surface area contributed by atoms with Gasteiger partial charge in [0.05, 0.1) is 1.37 Å². The maximum Gasteiger partial charge on any atom is 0.193 e. The third-order valence-electron chi connectivity index (χ3n) is 5.32. The average molecular weight is 323 g/mol. The highest BCUT2D eigenvalue weighted by molar-refractivity contribution is 6.01. The number of benzene rings is 2. The van der Waals surface area contributed by atoms with Crippen LogP contribution in [0.2, 0.25) is 0 Å². The number of hydrogen-bond acceptors (Lipinski definition) is 2. The van der Waals surface area contributed by atoms with Gasteiger partial charge >= 0.3 is 0 Å². The van der Waals surface area contributed by atoms with Crippen molar-refractivity contribution in [1.29, 1.82) is 0 Å². The molecule has 1 N–H and O–H groups in total. The van der Waals surface area contributed by atoms with E-state index < -0.39 is 5.60 Å². The van der Waals surface area contributed by atoms with Crippen LogP contribution >= 0.6 is 0 Å². The summed E-state index contributed by atoms with van der Waals surface area (Å²) in [5, 5.41) is 9.93. The molecule has 0 bridgehead atoms. The van der Waals surface area contributed by atoms with Crippen LogP contribution in [-0.4, -0.2) is 16.5 Å². The van der Waals surface area contributed by atoms with Crippen LogP contribution in [0, 0.1) is 0 Å². The normalized spacial score (nSPS) is 22.8. The highest BCUT2D eigenvalue weighted by Gasteiger charge is 2.45. The minimum Gasteiger partial charge on any atom is -0.382 e. The van der Waals surface area contributed by atoms with Crippen molar-refractivity contribution in [3.8, 4) is 0 Å². The van der Waals surface area contributed by atoms with Gasteiger partial charge in [-0.25, -0.2) is 0 Å². The van der Waals surface area contributed by atoms with Gasteiger partial charge in [0.2, 0.25) is 0 Å². The van der Waals surface area contributed by atoms with Gasteiger partial charge in [-0.2, -0.15) is 0 Å². The van der Waals surface area contributed by atoms with E-state index in [1.165, 1.54) is 25.0 Å². The molecule has 2 heteroatoms. The zero-order valence-electron chi connectivity index (χ0n) is 16.1. The van der Waals surface area contributed by atoms with E-state index in [0.29, 0.717) is 11.6 Å². The lowest BCUT2D eigenvalue weighted by atomic mass is 9.75. The summed E-state index contributed by atoms with van der Waals surface area (Å²) in [6.07, 6.45) is 0.956. The Morgan fingerprint density at radius 1 is 1.08 bits per heavy atom. The summed E-state index contributed by atoms with van der Waals surface area (Å²) in [6.45, 7) is 9.72. The highest BCUT2D eigenvalue weighted by Crippen LogP contribution is 2.52. The number of Topliss-reactive ketones (excluding diaryl/α,β-unsaturated/α-hetero) is 1. The maximum absolute atomic E-state index is 12.2. The van der Waals surface area contributed by atoms with Crippen LogP contribution in [0.3, 0.4) is 0 Å². The standard InChI is InChI=1S/C22H26O2/c1-20(2)14-22(5,18-9-7-6-8-17(18)20)16-12-10-15(11-13-16)19(23)21(3,4)24/h6-13,24H,14H2,1-5H3/i7D. The smallest absolute Gasteiger partial charge is 0.193 e. The van der Waals surface area contributed by atoms with Gasteiger partial charge in [-0.15, -0.1) is 0 Å². The van der Waals surface area contributed by atoms with Crippen LogP contribution in [0.15, 0.2) is 48.5 Å². The lowest BCUT2D eigenvalue weighted by Crippen LogP contribution is -2.31. The number of fused-ring (bicyclic) bond motifs is 1. The van der Waals surface area contributed by atoms with E-state index in [2.05, 4.69) is 26.8 Å². The monoisotopic (exact) mass is 323 g/mol. The van der Waals surface area contributed by atoms with Crippen molar-refractivity contribution < 1.29 is 11.3 Å². The first-order chi connectivity index (χ1) is 11.4. The predicted molar refractivity (Wildman–Crippen MR) is 97.6 cm³/mol. The molecular formula is C22H26O2. The van der Waals surface area contributed by atoms with Crippen molar-refractivity contribution in [3.05, 3.63) is 70.8 Å². The van der Waals surface area contributed by atoms with Crippen molar-refractivity contribution >= 4 is 5.78 Å². The van der Waals surface area contributed by atoms with Gasteiger partial charge in [0.15, 0.2) is 5.78 Å². The van der Waals surface area contributed by atoms with Crippen LogP contribution in [0.25, 0.3) is 0 Å². The number of hydrogen-bond donors (Lipinski definition) is 1. The van der Waals surface area contributed by atoms with E-state index in [4.69, 9.17) is 1.37 Å². The number of rotatable bonds is 3. The van der Waals surface area contributed by atoms with Crippen LogP contribution in [0.4, 0.5) is 0 Å². The summed E-state index contributed by atoms with van der Waals surface area (Å²) in [7, 11) is 0. The highest BCUT2D eigenvalue weighted by atomic mass is 16.3. The zero-order chi connectivity index (χ0) is 18.6. The second-order valence-electron chi connectivity index (χ2n) is 8.33. The van der Waals surface area contributed by atoms with Gasteiger partial charge in [0.1, 0.15) is 5.60 Å². The summed E-state index contributed by atoms with van der Waals surface area (Å²) in [5.41, 5.74) is 2.64. The third kappa shape index (κ3) is 2.59.